The van der Waals surface area contributed by atoms with Crippen molar-refractivity contribution in [2.24, 2.45) is 5.41 Å². The third-order valence-electron chi connectivity index (χ3n) is 3.05. The number of carbonyl (C=O) groups excluding carboxylic acids is 3. The van der Waals surface area contributed by atoms with Gasteiger partial charge in [0.1, 0.15) is 11.2 Å². The van der Waals surface area contributed by atoms with Crippen LogP contribution in [0.15, 0.2) is 12.7 Å². The van der Waals surface area contributed by atoms with Gasteiger partial charge < -0.3 is 0 Å². The van der Waals surface area contributed by atoms with Gasteiger partial charge in [0.15, 0.2) is 0 Å². The molecule has 1 aliphatic heterocycles. The van der Waals surface area contributed by atoms with E-state index >= 15 is 0 Å². The highest BCUT2D eigenvalue weighted by atomic mass is 32.3. The molecule has 1 fully saturated rings. The van der Waals surface area contributed by atoms with Crippen LogP contribution in [0.3, 0.4) is 0 Å². The monoisotopic (exact) mass is 386 g/mol. The lowest BCUT2D eigenvalue weighted by molar-refractivity contribution is -0.146. The summed E-state index contributed by atoms with van der Waals surface area (Å²) in [7, 11) is -9.96. The highest BCUT2D eigenvalue weighted by molar-refractivity contribution is 7.85. The van der Waals surface area contributed by atoms with Gasteiger partial charge in [0, 0.05) is 0 Å². The topological polar surface area (TPSA) is 193 Å². The molecule has 1 atom stereocenters. The molecule has 4 amide bonds. The molecule has 0 saturated carbocycles. The van der Waals surface area contributed by atoms with E-state index in [2.05, 4.69) is 10.8 Å². The van der Waals surface area contributed by atoms with Crippen LogP contribution in [-0.4, -0.2) is 55.6 Å². The Balaban J connectivity index is 3.26. The van der Waals surface area contributed by atoms with Gasteiger partial charge >= 0.3 is 16.4 Å². The number of urea groups is 1. The summed E-state index contributed by atoms with van der Waals surface area (Å²) in [6, 6.07) is -1.12. The number of imide groups is 2. The number of rotatable bonds is 8. The van der Waals surface area contributed by atoms with Crippen LogP contribution in [0.2, 0.25) is 0 Å². The van der Waals surface area contributed by atoms with Crippen LogP contribution >= 0.6 is 0 Å². The Kier molecular flexibility index (Phi) is 5.83. The van der Waals surface area contributed by atoms with E-state index < -0.39 is 68.5 Å². The van der Waals surface area contributed by atoms with E-state index in [1.807, 2.05) is 0 Å². The minimum Gasteiger partial charge on any atom is -0.285 e. The zero-order chi connectivity index (χ0) is 18.8. The molecule has 0 spiro atoms. The average molecular weight is 386 g/mol. The predicted molar refractivity (Wildman–Crippen MR) is 76.4 cm³/mol. The van der Waals surface area contributed by atoms with Crippen molar-refractivity contribution >= 4 is 38.4 Å². The van der Waals surface area contributed by atoms with E-state index in [-0.39, 0.29) is 0 Å². The third kappa shape index (κ3) is 5.34. The molecule has 0 bridgehead atoms. The van der Waals surface area contributed by atoms with Crippen LogP contribution in [0, 0.1) is 5.41 Å². The molecule has 0 radical (unpaired) electrons. The van der Waals surface area contributed by atoms with Gasteiger partial charge in [-0.1, -0.05) is 6.08 Å². The summed E-state index contributed by atoms with van der Waals surface area (Å²) in [4.78, 5) is 35.3. The van der Waals surface area contributed by atoms with Crippen LogP contribution in [0.5, 0.6) is 0 Å². The van der Waals surface area contributed by atoms with E-state index in [0.717, 1.165) is 6.08 Å². The van der Waals surface area contributed by atoms with Crippen molar-refractivity contribution in [1.82, 2.24) is 10.6 Å². The minimum absolute atomic E-state index is 0.408. The highest BCUT2D eigenvalue weighted by Crippen LogP contribution is 2.33. The number of hydrogen-bond acceptors (Lipinski definition) is 8. The molecule has 24 heavy (non-hydrogen) atoms. The second-order valence-corrected chi connectivity index (χ2v) is 7.46. The van der Waals surface area contributed by atoms with Gasteiger partial charge in [-0.2, -0.15) is 16.8 Å². The lowest BCUT2D eigenvalue weighted by Gasteiger charge is -2.34. The lowest BCUT2D eigenvalue weighted by atomic mass is 9.76. The van der Waals surface area contributed by atoms with Crippen LogP contribution in [0.1, 0.15) is 12.8 Å². The smallest absolute Gasteiger partial charge is 0.285 e. The lowest BCUT2D eigenvalue weighted by Crippen LogP contribution is -2.63. The number of nitrogens with one attached hydrogen (secondary N) is 2. The highest BCUT2D eigenvalue weighted by Gasteiger charge is 2.51. The Morgan fingerprint density at radius 3 is 2.00 bits per heavy atom. The standard InChI is InChI=1S/C10H14N2O10S2/c1-2-3-10(7(13)11-9(15)12-8(10)14)4-6(5-23(16,17)18)22-24(19,20)21/h2,6H,1,3-5H2,(H,16,17,18)(H,19,20,21)(H2,11,12,13,14,15). The summed E-state index contributed by atoms with van der Waals surface area (Å²) in [6.45, 7) is 3.32. The average Bonchev–Trinajstić information content (AvgIpc) is 2.31. The van der Waals surface area contributed by atoms with Crippen molar-refractivity contribution in [3.8, 4) is 0 Å². The van der Waals surface area contributed by atoms with E-state index in [0.29, 0.717) is 0 Å². The molecule has 1 heterocycles. The Morgan fingerprint density at radius 2 is 1.62 bits per heavy atom. The van der Waals surface area contributed by atoms with Gasteiger partial charge in [-0.3, -0.25) is 29.3 Å². The second-order valence-electron chi connectivity index (χ2n) is 4.91. The number of barbiturate groups is 1. The molecule has 0 aromatic rings. The van der Waals surface area contributed by atoms with Gasteiger partial charge in [-0.05, 0) is 12.8 Å². The molecule has 1 saturated heterocycles. The summed E-state index contributed by atoms with van der Waals surface area (Å²) in [5, 5.41) is 3.56. The maximum Gasteiger partial charge on any atom is 0.397 e. The van der Waals surface area contributed by atoms with Crippen LogP contribution in [0.25, 0.3) is 0 Å². The molecular formula is C10H14N2O10S2. The molecule has 136 valence electrons. The fourth-order valence-corrected chi connectivity index (χ4v) is 3.42. The van der Waals surface area contributed by atoms with Crippen molar-refractivity contribution < 1.29 is 44.5 Å². The first-order chi connectivity index (χ1) is 10.8. The predicted octanol–water partition coefficient (Wildman–Crippen LogP) is -1.62. The zero-order valence-corrected chi connectivity index (χ0v) is 13.6. The fraction of sp³-hybridized carbons (Fsp3) is 0.500. The zero-order valence-electron chi connectivity index (χ0n) is 12.0. The van der Waals surface area contributed by atoms with Gasteiger partial charge in [0.25, 0.3) is 10.1 Å². The quantitative estimate of drug-likeness (QED) is 0.214. The molecule has 1 aliphatic rings. The van der Waals surface area contributed by atoms with E-state index in [1.165, 1.54) is 0 Å². The number of amides is 4. The summed E-state index contributed by atoms with van der Waals surface area (Å²) in [6.07, 6.45) is -2.18. The molecule has 0 aliphatic carbocycles. The number of allylic oxidation sites excluding steroid dienone is 1. The second kappa shape index (κ2) is 6.94. The van der Waals surface area contributed by atoms with Crippen LogP contribution in [0.4, 0.5) is 4.79 Å². The molecule has 14 heteroatoms. The summed E-state index contributed by atoms with van der Waals surface area (Å²) in [5.41, 5.74) is -2.13. The number of carbonyl (C=O) groups is 3. The maximum absolute atomic E-state index is 12.1. The maximum atomic E-state index is 12.1. The van der Waals surface area contributed by atoms with Crippen LogP contribution < -0.4 is 10.6 Å². The van der Waals surface area contributed by atoms with Gasteiger partial charge in [-0.25, -0.2) is 8.98 Å². The fourth-order valence-electron chi connectivity index (χ4n) is 2.20. The molecule has 12 nitrogen and oxygen atoms in total. The Labute approximate surface area is 136 Å². The first kappa shape index (κ1) is 20.2. The molecule has 0 aromatic heterocycles. The van der Waals surface area contributed by atoms with Crippen molar-refractivity contribution in [2.45, 2.75) is 18.9 Å². The van der Waals surface area contributed by atoms with Crippen LogP contribution in [-0.2, 0) is 34.3 Å². The number of hydrogen-bond donors (Lipinski definition) is 4. The summed E-state index contributed by atoms with van der Waals surface area (Å²) < 4.78 is 65.3. The normalized spacial score (nSPS) is 19.3. The third-order valence-corrected chi connectivity index (χ3v) is 4.35. The largest absolute Gasteiger partial charge is 0.397 e. The van der Waals surface area contributed by atoms with Crippen molar-refractivity contribution in [1.29, 1.82) is 0 Å². The van der Waals surface area contributed by atoms with E-state index in [1.54, 1.807) is 10.6 Å². The van der Waals surface area contributed by atoms with Gasteiger partial charge in [0.05, 0.1) is 6.10 Å². The van der Waals surface area contributed by atoms with Crippen molar-refractivity contribution in [2.75, 3.05) is 5.75 Å². The Morgan fingerprint density at radius 1 is 1.12 bits per heavy atom. The van der Waals surface area contributed by atoms with Gasteiger partial charge in [-0.15, -0.1) is 6.58 Å². The molecule has 1 unspecified atom stereocenters. The first-order valence-corrected chi connectivity index (χ1v) is 9.15. The first-order valence-electron chi connectivity index (χ1n) is 6.18. The summed E-state index contributed by atoms with van der Waals surface area (Å²) >= 11 is 0. The molecule has 1 rings (SSSR count). The Bertz CT molecular complexity index is 715. The van der Waals surface area contributed by atoms with Crippen molar-refractivity contribution in [3.05, 3.63) is 12.7 Å². The van der Waals surface area contributed by atoms with Gasteiger partial charge in [0.2, 0.25) is 11.8 Å². The molecule has 0 aromatic carbocycles. The molecule has 4 N–H and O–H groups in total. The van der Waals surface area contributed by atoms with E-state index in [4.69, 9.17) is 9.11 Å². The molecular weight excluding hydrogens is 372 g/mol. The van der Waals surface area contributed by atoms with E-state index in [9.17, 15) is 31.2 Å². The van der Waals surface area contributed by atoms with Crippen molar-refractivity contribution in [3.63, 3.8) is 0 Å². The minimum atomic E-state index is -5.17. The Hall–Kier alpha value is -1.87. The summed E-state index contributed by atoms with van der Waals surface area (Å²) in [5.74, 6) is -3.62. The SMILES string of the molecule is C=CCC1(CC(CS(=O)(=O)O)OS(=O)(=O)O)C(=O)NC(=O)NC1=O.